The van der Waals surface area contributed by atoms with Gasteiger partial charge in [-0.3, -0.25) is 4.90 Å². The second kappa shape index (κ2) is 3.68. The van der Waals surface area contributed by atoms with Crippen LogP contribution in [-0.4, -0.2) is 36.1 Å². The highest BCUT2D eigenvalue weighted by molar-refractivity contribution is 5.53. The number of likely N-dealkylation sites (tertiary alicyclic amines) is 1. The fourth-order valence-corrected chi connectivity index (χ4v) is 1.33. The number of aldehydes is 1. The van der Waals surface area contributed by atoms with Crippen molar-refractivity contribution in [2.75, 3.05) is 19.8 Å². The van der Waals surface area contributed by atoms with E-state index in [0.717, 1.165) is 32.2 Å². The van der Waals surface area contributed by atoms with Crippen LogP contribution in [0.2, 0.25) is 0 Å². The molecule has 0 aromatic heterocycles. The molecule has 0 aromatic carbocycles. The Morgan fingerprint density at radius 1 is 1.70 bits per heavy atom. The van der Waals surface area contributed by atoms with Crippen molar-refractivity contribution in [2.45, 2.75) is 12.8 Å². The number of piperidine rings is 1. The van der Waals surface area contributed by atoms with Crippen molar-refractivity contribution in [1.29, 1.82) is 0 Å². The summed E-state index contributed by atoms with van der Waals surface area (Å²) in [6, 6.07) is 0. The predicted octanol–water partition coefficient (Wildman–Crippen LogP) is -0.153. The second-order valence-electron chi connectivity index (χ2n) is 2.76. The van der Waals surface area contributed by atoms with E-state index in [2.05, 4.69) is 0 Å². The van der Waals surface area contributed by atoms with E-state index in [4.69, 9.17) is 5.11 Å². The lowest BCUT2D eigenvalue weighted by Crippen LogP contribution is -2.36. The van der Waals surface area contributed by atoms with E-state index in [9.17, 15) is 4.79 Å². The smallest absolute Gasteiger partial charge is 0.124 e. The van der Waals surface area contributed by atoms with Crippen LogP contribution in [0.25, 0.3) is 0 Å². The van der Waals surface area contributed by atoms with E-state index >= 15 is 0 Å². The maximum Gasteiger partial charge on any atom is 0.124 e. The molecule has 1 unspecified atom stereocenters. The molecule has 1 N–H and O–H groups in total. The van der Waals surface area contributed by atoms with Gasteiger partial charge in [0, 0.05) is 19.0 Å². The largest absolute Gasteiger partial charge is 0.381 e. The molecule has 0 amide bonds. The first-order valence-corrected chi connectivity index (χ1v) is 3.65. The summed E-state index contributed by atoms with van der Waals surface area (Å²) in [4.78, 5) is 12.2. The van der Waals surface area contributed by atoms with Crippen LogP contribution in [-0.2, 0) is 4.79 Å². The number of nitrogens with zero attached hydrogens (tertiary/aromatic N) is 1. The highest BCUT2D eigenvalue weighted by Crippen LogP contribution is 2.12. The van der Waals surface area contributed by atoms with Gasteiger partial charge in [-0.05, 0) is 12.8 Å². The molecule has 1 fully saturated rings. The van der Waals surface area contributed by atoms with Gasteiger partial charge in [0.2, 0.25) is 0 Å². The van der Waals surface area contributed by atoms with Gasteiger partial charge in [0.1, 0.15) is 6.29 Å². The molecule has 3 nitrogen and oxygen atoms in total. The third kappa shape index (κ3) is 1.78. The van der Waals surface area contributed by atoms with E-state index in [1.165, 1.54) is 0 Å². The molecule has 1 heterocycles. The molecule has 0 radical (unpaired) electrons. The Bertz CT molecular complexity index is 116. The van der Waals surface area contributed by atoms with Crippen molar-refractivity contribution in [2.24, 2.45) is 5.92 Å². The maximum atomic E-state index is 10.3. The Hall–Kier alpha value is -0.410. The summed E-state index contributed by atoms with van der Waals surface area (Å²) in [5, 5.41) is 8.71. The van der Waals surface area contributed by atoms with Crippen molar-refractivity contribution >= 4 is 6.29 Å². The first-order chi connectivity index (χ1) is 4.86. The van der Waals surface area contributed by atoms with Gasteiger partial charge < -0.3 is 9.90 Å². The maximum absolute atomic E-state index is 10.3. The second-order valence-corrected chi connectivity index (χ2v) is 2.76. The number of carbonyl (C=O) groups is 1. The van der Waals surface area contributed by atoms with Gasteiger partial charge >= 0.3 is 0 Å². The molecule has 3 heteroatoms. The SMILES string of the molecule is O=CC1CCCN(CO)C1. The Labute approximate surface area is 60.6 Å². The topological polar surface area (TPSA) is 40.5 Å². The van der Waals surface area contributed by atoms with Crippen LogP contribution >= 0.6 is 0 Å². The molecular weight excluding hydrogens is 130 g/mol. The number of hydrogen-bond donors (Lipinski definition) is 1. The van der Waals surface area contributed by atoms with Gasteiger partial charge in [-0.2, -0.15) is 0 Å². The van der Waals surface area contributed by atoms with Gasteiger partial charge in [0.25, 0.3) is 0 Å². The molecule has 10 heavy (non-hydrogen) atoms. The van der Waals surface area contributed by atoms with Crippen LogP contribution in [0.3, 0.4) is 0 Å². The fourth-order valence-electron chi connectivity index (χ4n) is 1.33. The average molecular weight is 143 g/mol. The van der Waals surface area contributed by atoms with E-state index in [-0.39, 0.29) is 12.6 Å². The van der Waals surface area contributed by atoms with Gasteiger partial charge in [-0.15, -0.1) is 0 Å². The third-order valence-corrected chi connectivity index (χ3v) is 1.93. The van der Waals surface area contributed by atoms with Crippen LogP contribution in [0.15, 0.2) is 0 Å². The van der Waals surface area contributed by atoms with Crippen molar-refractivity contribution in [3.8, 4) is 0 Å². The van der Waals surface area contributed by atoms with Crippen LogP contribution in [0.1, 0.15) is 12.8 Å². The Kier molecular flexibility index (Phi) is 2.83. The summed E-state index contributed by atoms with van der Waals surface area (Å²) in [5.41, 5.74) is 0. The van der Waals surface area contributed by atoms with Gasteiger partial charge in [-0.25, -0.2) is 0 Å². The Balaban J connectivity index is 2.31. The zero-order chi connectivity index (χ0) is 7.40. The monoisotopic (exact) mass is 143 g/mol. The quantitative estimate of drug-likeness (QED) is 0.546. The van der Waals surface area contributed by atoms with Gasteiger partial charge in [-0.1, -0.05) is 0 Å². The van der Waals surface area contributed by atoms with Gasteiger partial charge in [0.05, 0.1) is 6.73 Å². The molecule has 0 bridgehead atoms. The highest BCUT2D eigenvalue weighted by atomic mass is 16.3. The molecule has 1 rings (SSSR count). The summed E-state index contributed by atoms with van der Waals surface area (Å²) in [6.07, 6.45) is 3.01. The average Bonchev–Trinajstić information content (AvgIpc) is 2.05. The van der Waals surface area contributed by atoms with Crippen LogP contribution in [0.4, 0.5) is 0 Å². The first-order valence-electron chi connectivity index (χ1n) is 3.65. The molecule has 0 saturated carbocycles. The third-order valence-electron chi connectivity index (χ3n) is 1.93. The van der Waals surface area contributed by atoms with E-state index in [0.29, 0.717) is 0 Å². The molecule has 58 valence electrons. The molecule has 0 spiro atoms. The van der Waals surface area contributed by atoms with Crippen molar-refractivity contribution in [3.63, 3.8) is 0 Å². The first kappa shape index (κ1) is 7.69. The predicted molar refractivity (Wildman–Crippen MR) is 37.4 cm³/mol. The van der Waals surface area contributed by atoms with Crippen LogP contribution < -0.4 is 0 Å². The van der Waals surface area contributed by atoms with E-state index in [1.54, 1.807) is 0 Å². The number of hydrogen-bond acceptors (Lipinski definition) is 3. The summed E-state index contributed by atoms with van der Waals surface area (Å²) < 4.78 is 0. The molecule has 1 aliphatic rings. The zero-order valence-electron chi connectivity index (χ0n) is 5.99. The molecule has 1 saturated heterocycles. The fraction of sp³-hybridized carbons (Fsp3) is 0.857. The summed E-state index contributed by atoms with van der Waals surface area (Å²) >= 11 is 0. The summed E-state index contributed by atoms with van der Waals surface area (Å²) in [5.74, 6) is 0.154. The normalized spacial score (nSPS) is 28.3. The van der Waals surface area contributed by atoms with Crippen molar-refractivity contribution in [3.05, 3.63) is 0 Å². The lowest BCUT2D eigenvalue weighted by atomic mass is 10.0. The summed E-state index contributed by atoms with van der Waals surface area (Å²) in [6.45, 7) is 1.76. The van der Waals surface area contributed by atoms with E-state index in [1.807, 2.05) is 4.90 Å². The van der Waals surface area contributed by atoms with Crippen molar-refractivity contribution < 1.29 is 9.90 Å². The van der Waals surface area contributed by atoms with Gasteiger partial charge in [0.15, 0.2) is 0 Å². The number of rotatable bonds is 2. The molecule has 0 aromatic rings. The molecule has 1 atom stereocenters. The number of aliphatic hydroxyl groups is 1. The standard InChI is InChI=1S/C7H13NO2/c9-5-7-2-1-3-8(4-7)6-10/h5,7,10H,1-4,6H2. The van der Waals surface area contributed by atoms with Crippen molar-refractivity contribution in [1.82, 2.24) is 4.90 Å². The number of aliphatic hydroxyl groups excluding tert-OH is 1. The van der Waals surface area contributed by atoms with Crippen LogP contribution in [0, 0.1) is 5.92 Å². The number of carbonyl (C=O) groups excluding carboxylic acids is 1. The minimum absolute atomic E-state index is 0.0876. The minimum atomic E-state index is 0.0876. The Morgan fingerprint density at radius 3 is 3.10 bits per heavy atom. The van der Waals surface area contributed by atoms with E-state index < -0.39 is 0 Å². The minimum Gasteiger partial charge on any atom is -0.381 e. The lowest BCUT2D eigenvalue weighted by molar-refractivity contribution is -0.113. The Morgan fingerprint density at radius 2 is 2.50 bits per heavy atom. The zero-order valence-corrected chi connectivity index (χ0v) is 5.99. The molecular formula is C7H13NO2. The molecule has 1 aliphatic heterocycles. The van der Waals surface area contributed by atoms with Crippen LogP contribution in [0.5, 0.6) is 0 Å². The molecule has 0 aliphatic carbocycles. The highest BCUT2D eigenvalue weighted by Gasteiger charge is 2.17. The lowest BCUT2D eigenvalue weighted by Gasteiger charge is -2.27. The summed E-state index contributed by atoms with van der Waals surface area (Å²) in [7, 11) is 0.